The average Bonchev–Trinajstić information content (AvgIpc) is 2.55. The third-order valence-corrected chi connectivity index (χ3v) is 4.68. The SMILES string of the molecule is CCNCC1CCN(Cc2ccc(OCCC(C)C)cc2)CC1. The van der Waals surface area contributed by atoms with Crippen molar-refractivity contribution < 1.29 is 4.74 Å². The molecule has 0 aliphatic carbocycles. The van der Waals surface area contributed by atoms with Gasteiger partial charge in [0.1, 0.15) is 5.75 Å². The van der Waals surface area contributed by atoms with Crippen LogP contribution >= 0.6 is 0 Å². The number of hydrogen-bond acceptors (Lipinski definition) is 3. The Morgan fingerprint density at radius 1 is 1.17 bits per heavy atom. The summed E-state index contributed by atoms with van der Waals surface area (Å²) < 4.78 is 5.79. The summed E-state index contributed by atoms with van der Waals surface area (Å²) in [5.41, 5.74) is 1.39. The molecular formula is C20H34N2O. The third-order valence-electron chi connectivity index (χ3n) is 4.68. The van der Waals surface area contributed by atoms with Crippen molar-refractivity contribution in [3.63, 3.8) is 0 Å². The van der Waals surface area contributed by atoms with Crippen LogP contribution in [0.15, 0.2) is 24.3 Å². The molecule has 23 heavy (non-hydrogen) atoms. The Balaban J connectivity index is 1.70. The Hall–Kier alpha value is -1.06. The molecule has 0 radical (unpaired) electrons. The first-order valence-corrected chi connectivity index (χ1v) is 9.32. The second-order valence-corrected chi connectivity index (χ2v) is 7.20. The first-order chi connectivity index (χ1) is 11.2. The minimum absolute atomic E-state index is 0.699. The number of piperidine rings is 1. The summed E-state index contributed by atoms with van der Waals surface area (Å²) in [6.45, 7) is 13.3. The second-order valence-electron chi connectivity index (χ2n) is 7.20. The summed E-state index contributed by atoms with van der Waals surface area (Å²) in [7, 11) is 0. The number of benzene rings is 1. The van der Waals surface area contributed by atoms with Crippen LogP contribution in [0.2, 0.25) is 0 Å². The maximum absolute atomic E-state index is 5.79. The molecule has 0 spiro atoms. The molecule has 0 atom stereocenters. The van der Waals surface area contributed by atoms with Gasteiger partial charge >= 0.3 is 0 Å². The number of likely N-dealkylation sites (tertiary alicyclic amines) is 1. The van der Waals surface area contributed by atoms with Gasteiger partial charge in [-0.2, -0.15) is 0 Å². The van der Waals surface area contributed by atoms with Crippen molar-refractivity contribution in [2.45, 2.75) is 46.6 Å². The van der Waals surface area contributed by atoms with Crippen LogP contribution in [0.1, 0.15) is 45.6 Å². The van der Waals surface area contributed by atoms with E-state index < -0.39 is 0 Å². The van der Waals surface area contributed by atoms with E-state index >= 15 is 0 Å². The maximum Gasteiger partial charge on any atom is 0.119 e. The summed E-state index contributed by atoms with van der Waals surface area (Å²) in [6.07, 6.45) is 3.76. The number of ether oxygens (including phenoxy) is 1. The first-order valence-electron chi connectivity index (χ1n) is 9.32. The van der Waals surface area contributed by atoms with Gasteiger partial charge in [0, 0.05) is 6.54 Å². The predicted octanol–water partition coefficient (Wildman–Crippen LogP) is 3.93. The van der Waals surface area contributed by atoms with Crippen LogP contribution in [0, 0.1) is 11.8 Å². The molecule has 3 nitrogen and oxygen atoms in total. The molecule has 130 valence electrons. The van der Waals surface area contributed by atoms with Gasteiger partial charge in [0.15, 0.2) is 0 Å². The van der Waals surface area contributed by atoms with E-state index in [-0.39, 0.29) is 0 Å². The van der Waals surface area contributed by atoms with E-state index in [0.717, 1.165) is 37.8 Å². The van der Waals surface area contributed by atoms with Crippen LogP contribution in [-0.2, 0) is 6.54 Å². The Kier molecular flexibility index (Phi) is 7.90. The van der Waals surface area contributed by atoms with Gasteiger partial charge < -0.3 is 10.1 Å². The Labute approximate surface area is 142 Å². The van der Waals surface area contributed by atoms with Crippen LogP contribution < -0.4 is 10.1 Å². The van der Waals surface area contributed by atoms with Gasteiger partial charge in [0.25, 0.3) is 0 Å². The van der Waals surface area contributed by atoms with E-state index in [4.69, 9.17) is 4.74 Å². The van der Waals surface area contributed by atoms with E-state index in [1.165, 1.54) is 38.0 Å². The van der Waals surface area contributed by atoms with Gasteiger partial charge in [-0.15, -0.1) is 0 Å². The molecule has 1 saturated heterocycles. The van der Waals surface area contributed by atoms with Crippen LogP contribution in [-0.4, -0.2) is 37.7 Å². The fourth-order valence-corrected chi connectivity index (χ4v) is 3.06. The number of nitrogens with zero attached hydrogens (tertiary/aromatic N) is 1. The van der Waals surface area contributed by atoms with E-state index in [0.29, 0.717) is 5.92 Å². The van der Waals surface area contributed by atoms with Crippen LogP contribution in [0.3, 0.4) is 0 Å². The monoisotopic (exact) mass is 318 g/mol. The van der Waals surface area contributed by atoms with E-state index in [9.17, 15) is 0 Å². The zero-order valence-electron chi connectivity index (χ0n) is 15.2. The normalized spacial score (nSPS) is 16.9. The van der Waals surface area contributed by atoms with Crippen molar-refractivity contribution in [2.75, 3.05) is 32.8 Å². The van der Waals surface area contributed by atoms with Gasteiger partial charge in [0.2, 0.25) is 0 Å². The molecule has 1 aliphatic heterocycles. The summed E-state index contributed by atoms with van der Waals surface area (Å²) in [5.74, 6) is 2.56. The minimum Gasteiger partial charge on any atom is -0.494 e. The summed E-state index contributed by atoms with van der Waals surface area (Å²) in [5, 5.41) is 3.48. The lowest BCUT2D eigenvalue weighted by Gasteiger charge is -2.32. The van der Waals surface area contributed by atoms with Gasteiger partial charge in [-0.05, 0) is 75.0 Å². The maximum atomic E-state index is 5.79. The molecule has 0 aromatic heterocycles. The number of hydrogen-bond donors (Lipinski definition) is 1. The molecule has 0 saturated carbocycles. The lowest BCUT2D eigenvalue weighted by molar-refractivity contribution is 0.176. The zero-order valence-corrected chi connectivity index (χ0v) is 15.2. The van der Waals surface area contributed by atoms with Crippen molar-refractivity contribution in [3.05, 3.63) is 29.8 Å². The quantitative estimate of drug-likeness (QED) is 0.746. The van der Waals surface area contributed by atoms with Gasteiger partial charge in [-0.25, -0.2) is 0 Å². The molecule has 1 aliphatic rings. The van der Waals surface area contributed by atoms with Gasteiger partial charge in [0.05, 0.1) is 6.61 Å². The molecule has 1 fully saturated rings. The topological polar surface area (TPSA) is 24.5 Å². The van der Waals surface area contributed by atoms with Crippen molar-refractivity contribution in [1.82, 2.24) is 10.2 Å². The van der Waals surface area contributed by atoms with E-state index in [1.54, 1.807) is 0 Å². The highest BCUT2D eigenvalue weighted by Gasteiger charge is 2.18. The third kappa shape index (κ3) is 6.92. The first kappa shape index (κ1) is 18.3. The average molecular weight is 319 g/mol. The van der Waals surface area contributed by atoms with Gasteiger partial charge in [-0.3, -0.25) is 4.90 Å². The zero-order chi connectivity index (χ0) is 16.5. The number of rotatable bonds is 9. The van der Waals surface area contributed by atoms with Gasteiger partial charge in [-0.1, -0.05) is 32.9 Å². The molecule has 1 N–H and O–H groups in total. The Morgan fingerprint density at radius 3 is 2.48 bits per heavy atom. The second kappa shape index (κ2) is 9.94. The smallest absolute Gasteiger partial charge is 0.119 e. The lowest BCUT2D eigenvalue weighted by Crippen LogP contribution is -2.36. The summed E-state index contributed by atoms with van der Waals surface area (Å²) in [4.78, 5) is 2.58. The molecule has 2 rings (SSSR count). The van der Waals surface area contributed by atoms with Crippen LogP contribution in [0.25, 0.3) is 0 Å². The fraction of sp³-hybridized carbons (Fsp3) is 0.700. The largest absolute Gasteiger partial charge is 0.494 e. The minimum atomic E-state index is 0.699. The molecular weight excluding hydrogens is 284 g/mol. The molecule has 3 heteroatoms. The number of nitrogens with one attached hydrogen (secondary N) is 1. The highest BCUT2D eigenvalue weighted by molar-refractivity contribution is 5.27. The highest BCUT2D eigenvalue weighted by Crippen LogP contribution is 2.20. The lowest BCUT2D eigenvalue weighted by atomic mass is 9.96. The van der Waals surface area contributed by atoms with Crippen LogP contribution in [0.4, 0.5) is 0 Å². The Bertz CT molecular complexity index is 422. The van der Waals surface area contributed by atoms with Crippen LogP contribution in [0.5, 0.6) is 5.75 Å². The highest BCUT2D eigenvalue weighted by atomic mass is 16.5. The molecule has 1 aromatic rings. The molecule has 0 amide bonds. The van der Waals surface area contributed by atoms with Crippen molar-refractivity contribution in [3.8, 4) is 5.75 Å². The molecule has 1 aromatic carbocycles. The van der Waals surface area contributed by atoms with Crippen molar-refractivity contribution in [1.29, 1.82) is 0 Å². The van der Waals surface area contributed by atoms with E-state index in [2.05, 4.69) is 55.3 Å². The fourth-order valence-electron chi connectivity index (χ4n) is 3.06. The standard InChI is InChI=1S/C20H34N2O/c1-4-21-15-18-9-12-22(13-10-18)16-19-5-7-20(8-6-19)23-14-11-17(2)3/h5-8,17-18,21H,4,9-16H2,1-3H3. The summed E-state index contributed by atoms with van der Waals surface area (Å²) >= 11 is 0. The summed E-state index contributed by atoms with van der Waals surface area (Å²) in [6, 6.07) is 8.67. The Morgan fingerprint density at radius 2 is 1.87 bits per heavy atom. The molecule has 0 bridgehead atoms. The predicted molar refractivity (Wildman–Crippen MR) is 97.9 cm³/mol. The van der Waals surface area contributed by atoms with E-state index in [1.807, 2.05) is 0 Å². The molecule has 0 unspecified atom stereocenters. The van der Waals surface area contributed by atoms with Crippen molar-refractivity contribution in [2.24, 2.45) is 11.8 Å². The van der Waals surface area contributed by atoms with Crippen molar-refractivity contribution >= 4 is 0 Å². The molecule has 1 heterocycles.